The predicted octanol–water partition coefficient (Wildman–Crippen LogP) is 3.73. The third-order valence-electron chi connectivity index (χ3n) is 5.08. The van der Waals surface area contributed by atoms with Crippen LogP contribution in [0.3, 0.4) is 0 Å². The van der Waals surface area contributed by atoms with Crippen LogP contribution in [0.1, 0.15) is 17.0 Å². The van der Waals surface area contributed by atoms with Crippen molar-refractivity contribution in [3.8, 4) is 0 Å². The Labute approximate surface area is 184 Å². The summed E-state index contributed by atoms with van der Waals surface area (Å²) in [4.78, 5) is 4.04. The van der Waals surface area contributed by atoms with Gasteiger partial charge in [0.05, 0.1) is 15.0 Å². The number of halogens is 2. The van der Waals surface area contributed by atoms with Gasteiger partial charge in [0, 0.05) is 44.8 Å². The molecule has 154 valence electrons. The highest BCUT2D eigenvalue weighted by molar-refractivity contribution is 7.89. The van der Waals surface area contributed by atoms with Crippen LogP contribution in [-0.4, -0.2) is 41.4 Å². The SMILES string of the molecule is Cn1cnc(S(=O)(=O)N2CC(c3ccccc3)[C@H](NCc3cc(Cl)sc3Cl)C2)c1. The molecule has 1 unspecified atom stereocenters. The number of imidazole rings is 1. The summed E-state index contributed by atoms with van der Waals surface area (Å²) < 4.78 is 30.6. The van der Waals surface area contributed by atoms with Crippen LogP contribution in [-0.2, 0) is 23.6 Å². The van der Waals surface area contributed by atoms with Crippen LogP contribution in [0.25, 0.3) is 0 Å². The van der Waals surface area contributed by atoms with Gasteiger partial charge >= 0.3 is 0 Å². The van der Waals surface area contributed by atoms with Crippen LogP contribution in [0.2, 0.25) is 8.67 Å². The van der Waals surface area contributed by atoms with E-state index in [1.54, 1.807) is 11.6 Å². The molecule has 4 rings (SSSR count). The highest BCUT2D eigenvalue weighted by Gasteiger charge is 2.40. The first-order valence-corrected chi connectivity index (χ1v) is 12.1. The lowest BCUT2D eigenvalue weighted by Crippen LogP contribution is -2.36. The molecule has 0 amide bonds. The van der Waals surface area contributed by atoms with Crippen molar-refractivity contribution in [2.24, 2.45) is 7.05 Å². The zero-order chi connectivity index (χ0) is 20.6. The number of aryl methyl sites for hydroxylation is 1. The van der Waals surface area contributed by atoms with Gasteiger partial charge in [0.2, 0.25) is 0 Å². The van der Waals surface area contributed by atoms with E-state index < -0.39 is 10.0 Å². The summed E-state index contributed by atoms with van der Waals surface area (Å²) in [7, 11) is -1.91. The number of thiophene rings is 1. The zero-order valence-corrected chi connectivity index (χ0v) is 18.8. The molecular formula is C19H20Cl2N4O2S2. The van der Waals surface area contributed by atoms with Gasteiger partial charge < -0.3 is 9.88 Å². The quantitative estimate of drug-likeness (QED) is 0.595. The maximum Gasteiger partial charge on any atom is 0.262 e. The molecule has 0 saturated carbocycles. The molecule has 0 bridgehead atoms. The van der Waals surface area contributed by atoms with E-state index in [0.717, 1.165) is 11.1 Å². The Morgan fingerprint density at radius 2 is 2.00 bits per heavy atom. The molecule has 1 fully saturated rings. The number of nitrogens with one attached hydrogen (secondary N) is 1. The zero-order valence-electron chi connectivity index (χ0n) is 15.6. The second kappa shape index (κ2) is 8.37. The first kappa shape index (κ1) is 20.8. The molecule has 3 heterocycles. The van der Waals surface area contributed by atoms with Crippen molar-refractivity contribution < 1.29 is 8.42 Å². The minimum absolute atomic E-state index is 0.0163. The normalized spacial score (nSPS) is 20.4. The average Bonchev–Trinajstić information content (AvgIpc) is 3.39. The number of aromatic nitrogens is 2. The molecule has 1 aliphatic heterocycles. The van der Waals surface area contributed by atoms with E-state index in [1.165, 1.54) is 28.2 Å². The summed E-state index contributed by atoms with van der Waals surface area (Å²) in [5.74, 6) is 0.0163. The van der Waals surface area contributed by atoms with Crippen LogP contribution in [0.5, 0.6) is 0 Å². The molecule has 6 nitrogen and oxygen atoms in total. The molecule has 1 aromatic carbocycles. The molecule has 1 aliphatic rings. The number of hydrogen-bond donors (Lipinski definition) is 1. The molecule has 0 radical (unpaired) electrons. The van der Waals surface area contributed by atoms with Crippen LogP contribution < -0.4 is 5.32 Å². The van der Waals surface area contributed by atoms with Gasteiger partial charge in [0.15, 0.2) is 5.03 Å². The Kier molecular flexibility index (Phi) is 6.02. The average molecular weight is 471 g/mol. The van der Waals surface area contributed by atoms with Crippen molar-refractivity contribution >= 4 is 44.6 Å². The minimum atomic E-state index is -3.66. The van der Waals surface area contributed by atoms with E-state index in [2.05, 4.69) is 10.3 Å². The van der Waals surface area contributed by atoms with E-state index >= 15 is 0 Å². The van der Waals surface area contributed by atoms with Crippen molar-refractivity contribution in [1.82, 2.24) is 19.2 Å². The second-order valence-corrected chi connectivity index (χ2v) is 11.2. The topological polar surface area (TPSA) is 67.2 Å². The Morgan fingerprint density at radius 1 is 1.24 bits per heavy atom. The highest BCUT2D eigenvalue weighted by atomic mass is 35.5. The molecule has 0 spiro atoms. The van der Waals surface area contributed by atoms with Gasteiger partial charge in [-0.05, 0) is 17.2 Å². The van der Waals surface area contributed by atoms with Gasteiger partial charge in [-0.25, -0.2) is 13.4 Å². The number of hydrogen-bond acceptors (Lipinski definition) is 5. The van der Waals surface area contributed by atoms with Gasteiger partial charge in [0.1, 0.15) is 0 Å². The Hall–Kier alpha value is -1.42. The van der Waals surface area contributed by atoms with Gasteiger partial charge in [-0.15, -0.1) is 11.3 Å². The Bertz CT molecular complexity index is 1100. The molecule has 29 heavy (non-hydrogen) atoms. The molecule has 1 N–H and O–H groups in total. The van der Waals surface area contributed by atoms with E-state index in [1.807, 2.05) is 36.4 Å². The molecule has 0 aliphatic carbocycles. The third-order valence-corrected chi connectivity index (χ3v) is 8.37. The monoisotopic (exact) mass is 470 g/mol. The molecule has 3 aromatic rings. The van der Waals surface area contributed by atoms with Crippen LogP contribution in [0.4, 0.5) is 0 Å². The maximum atomic E-state index is 13.1. The number of nitrogens with zero attached hydrogens (tertiary/aromatic N) is 3. The lowest BCUT2D eigenvalue weighted by Gasteiger charge is -2.20. The molecule has 2 aromatic heterocycles. The van der Waals surface area contributed by atoms with Gasteiger partial charge in [-0.1, -0.05) is 53.5 Å². The van der Waals surface area contributed by atoms with Gasteiger partial charge in [-0.3, -0.25) is 0 Å². The third kappa shape index (κ3) is 4.38. The van der Waals surface area contributed by atoms with Crippen molar-refractivity contribution in [1.29, 1.82) is 0 Å². The van der Waals surface area contributed by atoms with Gasteiger partial charge in [0.25, 0.3) is 10.0 Å². The summed E-state index contributed by atoms with van der Waals surface area (Å²) >= 11 is 13.6. The lowest BCUT2D eigenvalue weighted by molar-refractivity contribution is 0.454. The van der Waals surface area contributed by atoms with Crippen molar-refractivity contribution in [3.63, 3.8) is 0 Å². The highest BCUT2D eigenvalue weighted by Crippen LogP contribution is 2.34. The fraction of sp³-hybridized carbons (Fsp3) is 0.316. The van der Waals surface area contributed by atoms with Gasteiger partial charge in [-0.2, -0.15) is 4.31 Å². The molecule has 2 atom stereocenters. The van der Waals surface area contributed by atoms with Crippen LogP contribution in [0.15, 0.2) is 53.9 Å². The predicted molar refractivity (Wildman–Crippen MR) is 116 cm³/mol. The number of sulfonamides is 1. The van der Waals surface area contributed by atoms with E-state index in [9.17, 15) is 8.42 Å². The molecular weight excluding hydrogens is 451 g/mol. The summed E-state index contributed by atoms with van der Waals surface area (Å²) in [6, 6.07) is 11.7. The Balaban J connectivity index is 1.58. The summed E-state index contributed by atoms with van der Waals surface area (Å²) in [6.07, 6.45) is 3.02. The smallest absolute Gasteiger partial charge is 0.262 e. The van der Waals surface area contributed by atoms with Crippen LogP contribution in [0, 0.1) is 0 Å². The first-order chi connectivity index (χ1) is 13.8. The Morgan fingerprint density at radius 3 is 2.62 bits per heavy atom. The largest absolute Gasteiger partial charge is 0.339 e. The summed E-state index contributed by atoms with van der Waals surface area (Å²) in [6.45, 7) is 1.26. The van der Waals surface area contributed by atoms with E-state index in [4.69, 9.17) is 23.2 Å². The van der Waals surface area contributed by atoms with Crippen molar-refractivity contribution in [3.05, 3.63) is 68.7 Å². The van der Waals surface area contributed by atoms with E-state index in [0.29, 0.717) is 28.3 Å². The maximum absolute atomic E-state index is 13.1. The first-order valence-electron chi connectivity index (χ1n) is 9.05. The second-order valence-electron chi connectivity index (χ2n) is 7.05. The van der Waals surface area contributed by atoms with Crippen LogP contribution >= 0.6 is 34.5 Å². The van der Waals surface area contributed by atoms with E-state index in [-0.39, 0.29) is 17.0 Å². The molecule has 1 saturated heterocycles. The number of rotatable bonds is 6. The summed E-state index contributed by atoms with van der Waals surface area (Å²) in [5.41, 5.74) is 2.01. The fourth-order valence-electron chi connectivity index (χ4n) is 3.60. The van der Waals surface area contributed by atoms with Crippen molar-refractivity contribution in [2.75, 3.05) is 13.1 Å². The fourth-order valence-corrected chi connectivity index (χ4v) is 6.54. The summed E-state index contributed by atoms with van der Waals surface area (Å²) in [5, 5.41) is 3.56. The standard InChI is InChI=1S/C19H20Cl2N4O2S2/c1-24-11-18(23-12-24)29(26,27)25-9-15(13-5-3-2-4-6-13)16(10-25)22-8-14-7-17(20)28-19(14)21/h2-7,11-12,15-16,22H,8-10H2,1H3/t15?,16-/m1/s1. The minimum Gasteiger partial charge on any atom is -0.339 e. The number of benzene rings is 1. The van der Waals surface area contributed by atoms with Crippen molar-refractivity contribution in [2.45, 2.75) is 23.5 Å². The molecule has 10 heteroatoms. The lowest BCUT2D eigenvalue weighted by atomic mass is 9.94.